The predicted octanol–water partition coefficient (Wildman–Crippen LogP) is 2.35. The van der Waals surface area contributed by atoms with Crippen molar-refractivity contribution in [3.8, 4) is 22.6 Å². The Hall–Kier alpha value is -5.94. The molecular formula is C36H40N6O10. The molecule has 16 heteroatoms. The zero-order valence-electron chi connectivity index (χ0n) is 28.9. The molecule has 16 nitrogen and oxygen atoms in total. The van der Waals surface area contributed by atoms with Gasteiger partial charge in [-0.1, -0.05) is 24.3 Å². The van der Waals surface area contributed by atoms with Crippen molar-refractivity contribution in [2.45, 2.75) is 39.0 Å². The van der Waals surface area contributed by atoms with Crippen LogP contribution in [0.4, 0.5) is 11.4 Å². The van der Waals surface area contributed by atoms with Crippen molar-refractivity contribution in [1.82, 2.24) is 20.6 Å². The maximum absolute atomic E-state index is 13.3. The highest BCUT2D eigenvalue weighted by atomic mass is 16.5. The molecule has 0 radical (unpaired) electrons. The molecule has 2 atom stereocenters. The number of hydrogen-bond acceptors (Lipinski definition) is 12. The first kappa shape index (κ1) is 38.9. The second kappa shape index (κ2) is 17.8. The molecule has 0 saturated carbocycles. The number of carboxylic acid groups (broad SMARTS) is 2. The van der Waals surface area contributed by atoms with Gasteiger partial charge >= 0.3 is 11.9 Å². The Labute approximate surface area is 298 Å². The molecule has 2 aromatic carbocycles. The molecule has 0 bridgehead atoms. The van der Waals surface area contributed by atoms with Gasteiger partial charge in [0.15, 0.2) is 0 Å². The number of carbonyl (C=O) groups is 4. The van der Waals surface area contributed by atoms with Crippen LogP contribution in [0.5, 0.6) is 11.5 Å². The van der Waals surface area contributed by atoms with E-state index < -0.39 is 49.1 Å². The Balaban J connectivity index is 1.51. The van der Waals surface area contributed by atoms with E-state index in [-0.39, 0.29) is 24.5 Å². The Morgan fingerprint density at radius 3 is 1.38 bits per heavy atom. The zero-order valence-corrected chi connectivity index (χ0v) is 28.9. The topological polar surface area (TPSA) is 242 Å². The van der Waals surface area contributed by atoms with Crippen molar-refractivity contribution in [2.75, 3.05) is 38.1 Å². The number of ether oxygens (including phenoxy) is 2. The van der Waals surface area contributed by atoms with E-state index in [9.17, 15) is 29.4 Å². The molecule has 8 N–H and O–H groups in total. The summed E-state index contributed by atoms with van der Waals surface area (Å²) in [6.07, 6.45) is 2.80. The lowest BCUT2D eigenvalue weighted by molar-refractivity contribution is -0.141. The molecule has 0 spiro atoms. The second-order valence-electron chi connectivity index (χ2n) is 11.5. The van der Waals surface area contributed by atoms with Crippen molar-refractivity contribution in [3.05, 3.63) is 94.6 Å². The standard InChI is InChI=1S/C36H40N6O10/c1-19-23(7-5-9-25(19)41-33(45)27-11-31(51-3)21(13-37-27)15-39-29(17-43)35(47)48)24-8-6-10-26(20(24)2)42-34(46)28-12-32(52-4)22(14-38-28)16-40-30(18-44)36(49)50/h5-14,29-30,39-40,43-44H,15-18H2,1-4H3,(H,41,45)(H,42,46)(H,47,48)(H,49,50)/t29-,30-/m1/s1. The summed E-state index contributed by atoms with van der Waals surface area (Å²) in [5.74, 6) is -2.81. The minimum Gasteiger partial charge on any atom is -0.496 e. The van der Waals surface area contributed by atoms with Crippen LogP contribution >= 0.6 is 0 Å². The summed E-state index contributed by atoms with van der Waals surface area (Å²) < 4.78 is 10.8. The maximum Gasteiger partial charge on any atom is 0.323 e. The van der Waals surface area contributed by atoms with Gasteiger partial charge < -0.3 is 40.5 Å². The fraction of sp³-hybridized carbons (Fsp3) is 0.278. The SMILES string of the molecule is COc1cc(C(=O)Nc2cccc(-c3cccc(NC(=O)c4cc(OC)c(CN[C@H](CO)C(=O)O)cn4)c3C)c2C)ncc1CN[C@H](CO)C(=O)O. The summed E-state index contributed by atoms with van der Waals surface area (Å²) >= 11 is 0. The fourth-order valence-electron chi connectivity index (χ4n) is 5.25. The lowest BCUT2D eigenvalue weighted by Gasteiger charge is -2.17. The zero-order chi connectivity index (χ0) is 37.9. The van der Waals surface area contributed by atoms with Gasteiger partial charge in [0, 0.05) is 60.1 Å². The summed E-state index contributed by atoms with van der Waals surface area (Å²) in [7, 11) is 2.83. The van der Waals surface area contributed by atoms with E-state index in [1.807, 2.05) is 26.0 Å². The highest BCUT2D eigenvalue weighted by Crippen LogP contribution is 2.34. The molecule has 4 rings (SSSR count). The molecule has 2 aromatic heterocycles. The summed E-state index contributed by atoms with van der Waals surface area (Å²) in [5.41, 5.74) is 5.26. The van der Waals surface area contributed by atoms with Crippen LogP contribution in [0.1, 0.15) is 43.2 Å². The molecule has 4 aromatic rings. The van der Waals surface area contributed by atoms with Crippen LogP contribution in [0.15, 0.2) is 60.9 Å². The predicted molar refractivity (Wildman–Crippen MR) is 190 cm³/mol. The fourth-order valence-corrected chi connectivity index (χ4v) is 5.25. The third kappa shape index (κ3) is 9.23. The van der Waals surface area contributed by atoms with E-state index in [1.54, 1.807) is 24.3 Å². The number of anilines is 2. The molecule has 0 aliphatic heterocycles. The van der Waals surface area contributed by atoms with Gasteiger partial charge in [-0.05, 0) is 48.2 Å². The number of amides is 2. The molecule has 2 amide bonds. The number of aliphatic hydroxyl groups is 2. The first-order valence-electron chi connectivity index (χ1n) is 15.9. The number of carbonyl (C=O) groups excluding carboxylic acids is 2. The Morgan fingerprint density at radius 2 is 1.06 bits per heavy atom. The van der Waals surface area contributed by atoms with Gasteiger partial charge in [-0.25, -0.2) is 0 Å². The van der Waals surface area contributed by atoms with Gasteiger partial charge in [0.1, 0.15) is 35.0 Å². The molecule has 0 aliphatic carbocycles. The lowest BCUT2D eigenvalue weighted by atomic mass is 9.94. The van der Waals surface area contributed by atoms with Crippen molar-refractivity contribution in [1.29, 1.82) is 0 Å². The van der Waals surface area contributed by atoms with E-state index in [0.717, 1.165) is 22.3 Å². The third-order valence-electron chi connectivity index (χ3n) is 8.29. The first-order valence-corrected chi connectivity index (χ1v) is 15.9. The molecular weight excluding hydrogens is 676 g/mol. The molecule has 0 fully saturated rings. The van der Waals surface area contributed by atoms with Crippen molar-refractivity contribution in [3.63, 3.8) is 0 Å². The number of aliphatic carboxylic acids is 2. The van der Waals surface area contributed by atoms with Crippen LogP contribution in [-0.2, 0) is 22.7 Å². The Kier molecular flexibility index (Phi) is 13.3. The number of pyridine rings is 2. The number of aliphatic hydroxyl groups excluding tert-OH is 2. The van der Waals surface area contributed by atoms with Crippen molar-refractivity contribution in [2.24, 2.45) is 0 Å². The number of nitrogens with zero attached hydrogens (tertiary/aromatic N) is 2. The number of aromatic nitrogens is 2. The van der Waals surface area contributed by atoms with Crippen LogP contribution in [0.3, 0.4) is 0 Å². The lowest BCUT2D eigenvalue weighted by Crippen LogP contribution is -2.39. The van der Waals surface area contributed by atoms with E-state index in [4.69, 9.17) is 19.7 Å². The van der Waals surface area contributed by atoms with Crippen LogP contribution < -0.4 is 30.7 Å². The quantitative estimate of drug-likeness (QED) is 0.0783. The van der Waals surface area contributed by atoms with Gasteiger partial charge in [0.2, 0.25) is 0 Å². The summed E-state index contributed by atoms with van der Waals surface area (Å²) in [6, 6.07) is 11.4. The van der Waals surface area contributed by atoms with Crippen LogP contribution in [0.2, 0.25) is 0 Å². The average molecular weight is 717 g/mol. The van der Waals surface area contributed by atoms with Gasteiger partial charge in [0.25, 0.3) is 11.8 Å². The number of hydrogen-bond donors (Lipinski definition) is 8. The Bertz CT molecular complexity index is 1810. The molecule has 0 unspecified atom stereocenters. The smallest absolute Gasteiger partial charge is 0.323 e. The van der Waals surface area contributed by atoms with Gasteiger partial charge in [-0.2, -0.15) is 0 Å². The van der Waals surface area contributed by atoms with Crippen LogP contribution in [-0.4, -0.2) is 93.7 Å². The number of methoxy groups -OCH3 is 2. The maximum atomic E-state index is 13.3. The summed E-state index contributed by atoms with van der Waals surface area (Å²) in [6.45, 7) is 2.57. The first-order chi connectivity index (χ1) is 24.9. The van der Waals surface area contributed by atoms with E-state index >= 15 is 0 Å². The molecule has 52 heavy (non-hydrogen) atoms. The normalized spacial score (nSPS) is 12.0. The number of carboxylic acids is 2. The molecule has 0 saturated heterocycles. The Morgan fingerprint density at radius 1 is 0.673 bits per heavy atom. The number of nitrogens with one attached hydrogen (secondary N) is 4. The van der Waals surface area contributed by atoms with Crippen LogP contribution in [0.25, 0.3) is 11.1 Å². The third-order valence-corrected chi connectivity index (χ3v) is 8.29. The monoisotopic (exact) mass is 716 g/mol. The van der Waals surface area contributed by atoms with E-state index in [2.05, 4.69) is 31.2 Å². The van der Waals surface area contributed by atoms with Gasteiger partial charge in [-0.3, -0.25) is 39.8 Å². The largest absolute Gasteiger partial charge is 0.496 e. The molecule has 0 aliphatic rings. The van der Waals surface area contributed by atoms with Crippen molar-refractivity contribution >= 4 is 35.1 Å². The van der Waals surface area contributed by atoms with Gasteiger partial charge in [-0.15, -0.1) is 0 Å². The average Bonchev–Trinajstić information content (AvgIpc) is 3.13. The minimum absolute atomic E-state index is 0.0347. The van der Waals surface area contributed by atoms with Crippen LogP contribution in [0, 0.1) is 13.8 Å². The number of rotatable bonds is 17. The van der Waals surface area contributed by atoms with E-state index in [1.165, 1.54) is 38.7 Å². The molecule has 2 heterocycles. The van der Waals surface area contributed by atoms with E-state index in [0.29, 0.717) is 34.0 Å². The minimum atomic E-state index is -1.21. The molecule has 274 valence electrons. The summed E-state index contributed by atoms with van der Waals surface area (Å²) in [4.78, 5) is 57.5. The van der Waals surface area contributed by atoms with Crippen molar-refractivity contribution < 1.29 is 49.1 Å². The summed E-state index contributed by atoms with van der Waals surface area (Å²) in [5, 5.41) is 48.0. The number of benzene rings is 2. The highest BCUT2D eigenvalue weighted by molar-refractivity contribution is 6.05. The van der Waals surface area contributed by atoms with Gasteiger partial charge in [0.05, 0.1) is 27.4 Å². The highest BCUT2D eigenvalue weighted by Gasteiger charge is 2.21. The second-order valence-corrected chi connectivity index (χ2v) is 11.5.